The molecule has 0 saturated carbocycles. The Morgan fingerprint density at radius 3 is 1.92 bits per heavy atom. The van der Waals surface area contributed by atoms with Crippen molar-refractivity contribution >= 4 is 30.2 Å². The van der Waals surface area contributed by atoms with Crippen LogP contribution in [0.1, 0.15) is 33.1 Å². The predicted molar refractivity (Wildman–Crippen MR) is 75.4 cm³/mol. The Balaban J connectivity index is 5.77. The number of esters is 4. The van der Waals surface area contributed by atoms with Crippen LogP contribution in [0.25, 0.3) is 0 Å². The van der Waals surface area contributed by atoms with E-state index in [4.69, 9.17) is 15.0 Å². The lowest BCUT2D eigenvalue weighted by atomic mass is 10.0. The van der Waals surface area contributed by atoms with Gasteiger partial charge in [-0.2, -0.15) is 0 Å². The first-order chi connectivity index (χ1) is 13.2. The largest absolute Gasteiger partial charge is 0.463 e. The number of aldehydes is 1. The Labute approximate surface area is 143 Å². The van der Waals surface area contributed by atoms with E-state index in [0.29, 0.717) is 0 Å². The molecule has 0 spiro atoms. The first kappa shape index (κ1) is 15.1. The first-order valence-corrected chi connectivity index (χ1v) is 6.28. The molecule has 0 aromatic rings. The molecule has 0 fully saturated rings. The van der Waals surface area contributed by atoms with Crippen molar-refractivity contribution in [2.45, 2.75) is 52.0 Å². The van der Waals surface area contributed by atoms with E-state index >= 15 is 0 Å². The Bertz CT molecular complexity index is 558. The maximum atomic E-state index is 11.5. The van der Waals surface area contributed by atoms with Gasteiger partial charge in [-0.15, -0.1) is 0 Å². The van der Waals surface area contributed by atoms with Gasteiger partial charge in [0, 0.05) is 33.1 Å². The van der Waals surface area contributed by atoms with Crippen LogP contribution in [0.15, 0.2) is 0 Å². The zero-order valence-electron chi connectivity index (χ0n) is 16.5. The number of carbonyl (C=O) groups excluding carboxylic acids is 5. The van der Waals surface area contributed by atoms with Gasteiger partial charge in [0.25, 0.3) is 0 Å². The average Bonchev–Trinajstić information content (AvgIpc) is 2.71. The fourth-order valence-corrected chi connectivity index (χ4v) is 1.59. The van der Waals surface area contributed by atoms with Gasteiger partial charge < -0.3 is 24.1 Å². The highest BCUT2D eigenvalue weighted by Crippen LogP contribution is 2.17. The zero-order chi connectivity index (χ0) is 21.7. The Morgan fingerprint density at radius 1 is 0.917 bits per heavy atom. The normalized spacial score (nSPS) is 17.4. The molecule has 0 aliphatic carbocycles. The van der Waals surface area contributed by atoms with E-state index in [1.807, 2.05) is 0 Å². The summed E-state index contributed by atoms with van der Waals surface area (Å²) < 4.78 is 46.4. The summed E-state index contributed by atoms with van der Waals surface area (Å²) in [6, 6.07) is 0. The van der Waals surface area contributed by atoms with Crippen LogP contribution in [0.4, 0.5) is 0 Å². The van der Waals surface area contributed by atoms with E-state index in [-0.39, 0.29) is 6.29 Å². The molecular formula is C14H20O10. The summed E-state index contributed by atoms with van der Waals surface area (Å²) >= 11 is 0. The van der Waals surface area contributed by atoms with Crippen molar-refractivity contribution < 1.29 is 53.5 Å². The fraction of sp³-hybridized carbons (Fsp3) is 0.643. The van der Waals surface area contributed by atoms with Gasteiger partial charge in [0.05, 0.1) is 0 Å². The van der Waals surface area contributed by atoms with Crippen LogP contribution in [-0.4, -0.2) is 66.3 Å². The molecule has 1 N–H and O–H groups in total. The highest BCUT2D eigenvalue weighted by Gasteiger charge is 2.41. The molecule has 0 saturated heterocycles. The van der Waals surface area contributed by atoms with Crippen LogP contribution in [0.5, 0.6) is 0 Å². The highest BCUT2D eigenvalue weighted by atomic mass is 16.6. The van der Waals surface area contributed by atoms with Crippen molar-refractivity contribution in [1.82, 2.24) is 0 Å². The Morgan fingerprint density at radius 2 is 1.42 bits per heavy atom. The van der Waals surface area contributed by atoms with Crippen LogP contribution in [0.3, 0.4) is 0 Å². The molecule has 10 heteroatoms. The van der Waals surface area contributed by atoms with Crippen LogP contribution in [0.2, 0.25) is 0 Å². The van der Waals surface area contributed by atoms with E-state index in [0.717, 1.165) is 0 Å². The minimum Gasteiger partial charge on any atom is -0.463 e. The summed E-state index contributed by atoms with van der Waals surface area (Å²) in [5, 5.41) is 10.2. The maximum absolute atomic E-state index is 11.5. The van der Waals surface area contributed by atoms with Crippen molar-refractivity contribution in [3.63, 3.8) is 0 Å². The number of aliphatic hydroxyl groups excluding tert-OH is 1. The summed E-state index contributed by atoms with van der Waals surface area (Å²) in [6.07, 6.45) is -7.74. The van der Waals surface area contributed by atoms with Gasteiger partial charge in [-0.1, -0.05) is 0 Å². The molecule has 0 radical (unpaired) electrons. The second kappa shape index (κ2) is 10.3. The monoisotopic (exact) mass is 352 g/mol. The molecule has 136 valence electrons. The van der Waals surface area contributed by atoms with Crippen molar-refractivity contribution in [2.75, 3.05) is 6.61 Å². The van der Waals surface area contributed by atoms with Crippen LogP contribution < -0.4 is 0 Å². The quantitative estimate of drug-likeness (QED) is 0.309. The third kappa shape index (κ3) is 8.22. The molecule has 0 aliphatic heterocycles. The molecule has 0 amide bonds. The third-order valence-corrected chi connectivity index (χ3v) is 2.38. The number of hydrogen-bond acceptors (Lipinski definition) is 10. The van der Waals surface area contributed by atoms with Gasteiger partial charge in [0.15, 0.2) is 24.6 Å². The Kier molecular flexibility index (Phi) is 6.47. The van der Waals surface area contributed by atoms with Gasteiger partial charge in [0.2, 0.25) is 0 Å². The SMILES string of the molecule is [2H]CC(=O)OC[C@@H](O)[C@@H](OC(=O)C[2H])[C@H](OC(=O)C[2H])[C@H](C=O)OC(=O)C[2H]. The molecule has 0 aromatic carbocycles. The minimum atomic E-state index is -1.95. The standard InChI is InChI=1S/C14H20O10/c1-7(16)21-6-11(20)13(23-9(3)18)14(24-10(4)19)12(5-15)22-8(2)17/h5,11-14,20H,6H2,1-4H3/t11-,12+,13-,14-/m1/s1/i1D,2D,3D,4D. The zero-order valence-corrected chi connectivity index (χ0v) is 12.5. The molecule has 0 heterocycles. The van der Waals surface area contributed by atoms with Crippen molar-refractivity contribution in [3.8, 4) is 0 Å². The molecular weight excluding hydrogens is 328 g/mol. The molecule has 4 atom stereocenters. The minimum absolute atomic E-state index is 0.0144. The van der Waals surface area contributed by atoms with Gasteiger partial charge in [-0.25, -0.2) is 0 Å². The van der Waals surface area contributed by atoms with E-state index in [9.17, 15) is 29.1 Å². The summed E-state index contributed by atoms with van der Waals surface area (Å²) in [7, 11) is 0. The van der Waals surface area contributed by atoms with Crippen LogP contribution in [0, 0.1) is 0 Å². The number of aliphatic hydroxyl groups is 1. The van der Waals surface area contributed by atoms with Gasteiger partial charge in [0.1, 0.15) is 12.7 Å². The van der Waals surface area contributed by atoms with Crippen molar-refractivity contribution in [2.24, 2.45) is 0 Å². The van der Waals surface area contributed by atoms with E-state index in [2.05, 4.69) is 9.47 Å². The number of rotatable bonds is 9. The molecule has 0 unspecified atom stereocenters. The average molecular weight is 352 g/mol. The second-order valence-electron chi connectivity index (χ2n) is 4.25. The number of carbonyl (C=O) groups is 5. The Hall–Kier alpha value is -2.49. The smallest absolute Gasteiger partial charge is 0.303 e. The van der Waals surface area contributed by atoms with Crippen LogP contribution in [-0.2, 0) is 42.9 Å². The maximum Gasteiger partial charge on any atom is 0.303 e. The molecule has 0 rings (SSSR count). The topological polar surface area (TPSA) is 143 Å². The summed E-state index contributed by atoms with van der Waals surface area (Å²) in [4.78, 5) is 56.7. The number of hydrogen-bond donors (Lipinski definition) is 1. The lowest BCUT2D eigenvalue weighted by molar-refractivity contribution is -0.195. The molecule has 0 aliphatic rings. The molecule has 0 aromatic heterocycles. The summed E-state index contributed by atoms with van der Waals surface area (Å²) in [6.45, 7) is -4.38. The van der Waals surface area contributed by atoms with E-state index in [1.165, 1.54) is 0 Å². The van der Waals surface area contributed by atoms with Gasteiger partial charge >= 0.3 is 23.9 Å². The third-order valence-electron chi connectivity index (χ3n) is 2.38. The molecule has 0 bridgehead atoms. The van der Waals surface area contributed by atoms with Crippen molar-refractivity contribution in [3.05, 3.63) is 0 Å². The second-order valence-corrected chi connectivity index (χ2v) is 4.25. The van der Waals surface area contributed by atoms with Gasteiger partial charge in [-0.3, -0.25) is 24.0 Å². The number of ether oxygens (including phenoxy) is 4. The lowest BCUT2D eigenvalue weighted by Gasteiger charge is -2.31. The fourth-order valence-electron chi connectivity index (χ4n) is 1.59. The summed E-state index contributed by atoms with van der Waals surface area (Å²) in [5.74, 6) is -4.71. The van der Waals surface area contributed by atoms with Crippen LogP contribution >= 0.6 is 0 Å². The first-order valence-electron chi connectivity index (χ1n) is 9.11. The van der Waals surface area contributed by atoms with Gasteiger partial charge in [-0.05, 0) is 0 Å². The lowest BCUT2D eigenvalue weighted by Crippen LogP contribution is -2.52. The van der Waals surface area contributed by atoms with E-state index < -0.39 is 82.5 Å². The molecule has 24 heavy (non-hydrogen) atoms. The molecule has 10 nitrogen and oxygen atoms in total. The van der Waals surface area contributed by atoms with E-state index in [1.54, 1.807) is 0 Å². The predicted octanol–water partition coefficient (Wildman–Crippen LogP) is -1.10. The highest BCUT2D eigenvalue weighted by molar-refractivity contribution is 5.72. The summed E-state index contributed by atoms with van der Waals surface area (Å²) in [5.41, 5.74) is 0. The van der Waals surface area contributed by atoms with Crippen molar-refractivity contribution in [1.29, 1.82) is 0 Å².